The van der Waals surface area contributed by atoms with Crippen molar-refractivity contribution in [1.82, 2.24) is 5.32 Å². The Hall–Kier alpha value is -1.59. The summed E-state index contributed by atoms with van der Waals surface area (Å²) >= 11 is 3.54. The molecule has 0 amide bonds. The molecule has 1 unspecified atom stereocenters. The predicted molar refractivity (Wildman–Crippen MR) is 82.4 cm³/mol. The second-order valence-electron chi connectivity index (χ2n) is 4.76. The molecule has 2 aromatic rings. The molecule has 1 aliphatic heterocycles. The van der Waals surface area contributed by atoms with E-state index >= 15 is 0 Å². The summed E-state index contributed by atoms with van der Waals surface area (Å²) in [5.41, 5.74) is 1.50. The van der Waals surface area contributed by atoms with Crippen LogP contribution in [0.25, 0.3) is 0 Å². The zero-order valence-electron chi connectivity index (χ0n) is 11.5. The standard InChI is InChI=1S/C16H15BrFNO2/c1-19-16(10-4-2-3-5-13(10)18)11-8-14-15(9-12(11)17)21-7-6-20-14/h2-5,8-9,16,19H,6-7H2,1H3. The lowest BCUT2D eigenvalue weighted by Crippen LogP contribution is -2.21. The van der Waals surface area contributed by atoms with Crippen LogP contribution in [-0.2, 0) is 0 Å². The molecule has 21 heavy (non-hydrogen) atoms. The fraction of sp³-hybridized carbons (Fsp3) is 0.250. The molecule has 0 fully saturated rings. The molecular formula is C16H15BrFNO2. The van der Waals surface area contributed by atoms with Gasteiger partial charge in [-0.05, 0) is 30.8 Å². The normalized spacial score (nSPS) is 14.8. The van der Waals surface area contributed by atoms with Crippen LogP contribution in [0.1, 0.15) is 17.2 Å². The van der Waals surface area contributed by atoms with Gasteiger partial charge < -0.3 is 14.8 Å². The molecule has 1 atom stereocenters. The zero-order chi connectivity index (χ0) is 14.8. The van der Waals surface area contributed by atoms with Gasteiger partial charge in [-0.1, -0.05) is 34.1 Å². The summed E-state index contributed by atoms with van der Waals surface area (Å²) in [5, 5.41) is 3.16. The molecule has 110 valence electrons. The van der Waals surface area contributed by atoms with Gasteiger partial charge in [-0.25, -0.2) is 4.39 Å². The lowest BCUT2D eigenvalue weighted by molar-refractivity contribution is 0.171. The van der Waals surface area contributed by atoms with Crippen molar-refractivity contribution in [3.8, 4) is 11.5 Å². The molecule has 0 aliphatic carbocycles. The summed E-state index contributed by atoms with van der Waals surface area (Å²) in [6.45, 7) is 1.07. The van der Waals surface area contributed by atoms with Gasteiger partial charge in [0.25, 0.3) is 0 Å². The van der Waals surface area contributed by atoms with Crippen LogP contribution in [0.5, 0.6) is 11.5 Å². The van der Waals surface area contributed by atoms with Crippen LogP contribution in [-0.4, -0.2) is 20.3 Å². The molecule has 1 aliphatic rings. The maximum Gasteiger partial charge on any atom is 0.162 e. The maximum atomic E-state index is 14.1. The molecule has 3 nitrogen and oxygen atoms in total. The average molecular weight is 352 g/mol. The van der Waals surface area contributed by atoms with Crippen molar-refractivity contribution in [3.63, 3.8) is 0 Å². The van der Waals surface area contributed by atoms with Crippen LogP contribution in [0.2, 0.25) is 0 Å². The van der Waals surface area contributed by atoms with Crippen LogP contribution in [0.3, 0.4) is 0 Å². The Morgan fingerprint density at radius 1 is 1.10 bits per heavy atom. The Balaban J connectivity index is 2.07. The van der Waals surface area contributed by atoms with E-state index in [4.69, 9.17) is 9.47 Å². The van der Waals surface area contributed by atoms with Crippen molar-refractivity contribution in [2.75, 3.05) is 20.3 Å². The van der Waals surface area contributed by atoms with E-state index in [1.807, 2.05) is 18.2 Å². The van der Waals surface area contributed by atoms with Crippen LogP contribution in [0, 0.1) is 5.82 Å². The number of halogens is 2. The monoisotopic (exact) mass is 351 g/mol. The number of ether oxygens (including phenoxy) is 2. The van der Waals surface area contributed by atoms with Crippen LogP contribution in [0.15, 0.2) is 40.9 Å². The molecule has 1 heterocycles. The Kier molecular flexibility index (Phi) is 4.12. The van der Waals surface area contributed by atoms with Crippen molar-refractivity contribution >= 4 is 15.9 Å². The third kappa shape index (κ3) is 2.76. The summed E-state index contributed by atoms with van der Waals surface area (Å²) in [6.07, 6.45) is 0. The van der Waals surface area contributed by atoms with Gasteiger partial charge in [0.05, 0.1) is 6.04 Å². The third-order valence-corrected chi connectivity index (χ3v) is 4.16. The van der Waals surface area contributed by atoms with Crippen LogP contribution >= 0.6 is 15.9 Å². The van der Waals surface area contributed by atoms with E-state index < -0.39 is 0 Å². The topological polar surface area (TPSA) is 30.5 Å². The minimum atomic E-state index is -0.267. The van der Waals surface area contributed by atoms with Gasteiger partial charge >= 0.3 is 0 Å². The average Bonchev–Trinajstić information content (AvgIpc) is 2.50. The van der Waals surface area contributed by atoms with Gasteiger partial charge in [0.1, 0.15) is 19.0 Å². The molecule has 2 aromatic carbocycles. The van der Waals surface area contributed by atoms with Gasteiger partial charge in [-0.2, -0.15) is 0 Å². The van der Waals surface area contributed by atoms with Crippen molar-refractivity contribution < 1.29 is 13.9 Å². The Morgan fingerprint density at radius 3 is 2.43 bits per heavy atom. The molecule has 1 N–H and O–H groups in total. The Bertz CT molecular complexity index is 663. The van der Waals surface area contributed by atoms with Gasteiger partial charge in [0, 0.05) is 10.0 Å². The SMILES string of the molecule is CNC(c1ccccc1F)c1cc2c(cc1Br)OCCO2. The predicted octanol–water partition coefficient (Wildman–Crippen LogP) is 3.67. The Morgan fingerprint density at radius 2 is 1.76 bits per heavy atom. The molecule has 0 bridgehead atoms. The van der Waals surface area contributed by atoms with E-state index in [0.29, 0.717) is 30.3 Å². The smallest absolute Gasteiger partial charge is 0.162 e. The third-order valence-electron chi connectivity index (χ3n) is 3.48. The summed E-state index contributed by atoms with van der Waals surface area (Å²) in [7, 11) is 1.81. The number of hydrogen-bond acceptors (Lipinski definition) is 3. The lowest BCUT2D eigenvalue weighted by atomic mass is 9.98. The number of hydrogen-bond donors (Lipinski definition) is 1. The minimum Gasteiger partial charge on any atom is -0.486 e. The minimum absolute atomic E-state index is 0.237. The maximum absolute atomic E-state index is 14.1. The first kappa shape index (κ1) is 14.4. The summed E-state index contributed by atoms with van der Waals surface area (Å²) < 4.78 is 26.1. The molecule has 0 aromatic heterocycles. The first-order valence-corrected chi connectivity index (χ1v) is 7.50. The highest BCUT2D eigenvalue weighted by atomic mass is 79.9. The second-order valence-corrected chi connectivity index (χ2v) is 5.61. The lowest BCUT2D eigenvalue weighted by Gasteiger charge is -2.24. The highest BCUT2D eigenvalue weighted by Crippen LogP contribution is 2.39. The molecule has 0 radical (unpaired) electrons. The summed E-state index contributed by atoms with van der Waals surface area (Å²) in [5.74, 6) is 1.16. The number of fused-ring (bicyclic) bond motifs is 1. The van der Waals surface area contributed by atoms with E-state index in [-0.39, 0.29) is 11.9 Å². The van der Waals surface area contributed by atoms with Crippen LogP contribution < -0.4 is 14.8 Å². The fourth-order valence-electron chi connectivity index (χ4n) is 2.49. The van der Waals surface area contributed by atoms with E-state index in [2.05, 4.69) is 21.2 Å². The van der Waals surface area contributed by atoms with Gasteiger partial charge in [-0.15, -0.1) is 0 Å². The van der Waals surface area contributed by atoms with E-state index in [9.17, 15) is 4.39 Å². The molecule has 0 saturated carbocycles. The molecule has 0 spiro atoms. The quantitative estimate of drug-likeness (QED) is 0.915. The van der Waals surface area contributed by atoms with Crippen molar-refractivity contribution in [2.45, 2.75) is 6.04 Å². The van der Waals surface area contributed by atoms with Gasteiger partial charge in [0.2, 0.25) is 0 Å². The molecule has 5 heteroatoms. The highest BCUT2D eigenvalue weighted by molar-refractivity contribution is 9.10. The first-order chi connectivity index (χ1) is 10.2. The number of benzene rings is 2. The van der Waals surface area contributed by atoms with Crippen LogP contribution in [0.4, 0.5) is 4.39 Å². The van der Waals surface area contributed by atoms with Gasteiger partial charge in [0.15, 0.2) is 11.5 Å². The Labute approximate surface area is 131 Å². The molecule has 0 saturated heterocycles. The number of nitrogens with one attached hydrogen (secondary N) is 1. The van der Waals surface area contributed by atoms with Crippen molar-refractivity contribution in [3.05, 3.63) is 57.8 Å². The van der Waals surface area contributed by atoms with Crippen molar-refractivity contribution in [1.29, 1.82) is 0 Å². The van der Waals surface area contributed by atoms with Crippen molar-refractivity contribution in [2.24, 2.45) is 0 Å². The molecular weight excluding hydrogens is 337 g/mol. The molecule has 3 rings (SSSR count). The fourth-order valence-corrected chi connectivity index (χ4v) is 3.04. The summed E-state index contributed by atoms with van der Waals surface area (Å²) in [4.78, 5) is 0. The largest absolute Gasteiger partial charge is 0.486 e. The number of rotatable bonds is 3. The van der Waals surface area contributed by atoms with E-state index in [1.165, 1.54) is 6.07 Å². The van der Waals surface area contributed by atoms with Gasteiger partial charge in [-0.3, -0.25) is 0 Å². The second kappa shape index (κ2) is 6.03. The van der Waals surface area contributed by atoms with E-state index in [1.54, 1.807) is 19.2 Å². The summed E-state index contributed by atoms with van der Waals surface area (Å²) in [6, 6.07) is 10.3. The zero-order valence-corrected chi connectivity index (χ0v) is 13.1. The highest BCUT2D eigenvalue weighted by Gasteiger charge is 2.22. The van der Waals surface area contributed by atoms with E-state index in [0.717, 1.165) is 10.0 Å². The first-order valence-electron chi connectivity index (χ1n) is 6.71.